The van der Waals surface area contributed by atoms with Crippen LogP contribution in [0.4, 0.5) is 0 Å². The molecule has 0 atom stereocenters. The third kappa shape index (κ3) is 6.40. The Kier molecular flexibility index (Phi) is 7.46. The van der Waals surface area contributed by atoms with E-state index in [2.05, 4.69) is 15.5 Å². The molecule has 142 valence electrons. The highest BCUT2D eigenvalue weighted by Gasteiger charge is 2.04. The van der Waals surface area contributed by atoms with Crippen molar-refractivity contribution in [3.05, 3.63) is 89.1 Å². The SMILES string of the molecule is O=C(CSc1ccccn1)NN=Cc1ccccc1OCc1ccc(Cl)cc1. The molecule has 0 fully saturated rings. The first-order chi connectivity index (χ1) is 13.7. The Morgan fingerprint density at radius 1 is 1.11 bits per heavy atom. The Hall–Kier alpha value is -2.83. The molecule has 2 aromatic carbocycles. The molecule has 0 aliphatic heterocycles. The lowest BCUT2D eigenvalue weighted by Crippen LogP contribution is -2.19. The summed E-state index contributed by atoms with van der Waals surface area (Å²) in [5.74, 6) is 0.716. The zero-order valence-corrected chi connectivity index (χ0v) is 16.5. The number of hydrogen-bond acceptors (Lipinski definition) is 5. The quantitative estimate of drug-likeness (QED) is 0.335. The molecule has 1 heterocycles. The van der Waals surface area contributed by atoms with Crippen LogP contribution in [0.25, 0.3) is 0 Å². The van der Waals surface area contributed by atoms with E-state index in [1.807, 2.05) is 66.7 Å². The number of halogens is 1. The minimum Gasteiger partial charge on any atom is -0.488 e. The Morgan fingerprint density at radius 3 is 2.68 bits per heavy atom. The second-order valence-corrected chi connectivity index (χ2v) is 7.13. The summed E-state index contributed by atoms with van der Waals surface area (Å²) in [7, 11) is 0. The molecule has 0 bridgehead atoms. The first-order valence-electron chi connectivity index (χ1n) is 8.53. The van der Waals surface area contributed by atoms with Gasteiger partial charge in [-0.3, -0.25) is 4.79 Å². The van der Waals surface area contributed by atoms with E-state index in [0.29, 0.717) is 17.4 Å². The summed E-state index contributed by atoms with van der Waals surface area (Å²) in [6.45, 7) is 0.412. The van der Waals surface area contributed by atoms with Gasteiger partial charge in [-0.15, -0.1) is 0 Å². The number of carbonyl (C=O) groups is 1. The molecule has 3 rings (SSSR count). The maximum Gasteiger partial charge on any atom is 0.250 e. The standard InChI is InChI=1S/C21H18ClN3O2S/c22-18-10-8-16(9-11-18)14-27-19-6-2-1-5-17(19)13-24-25-20(26)15-28-21-7-3-4-12-23-21/h1-13H,14-15H2,(H,25,26). The van der Waals surface area contributed by atoms with E-state index in [1.54, 1.807) is 12.4 Å². The summed E-state index contributed by atoms with van der Waals surface area (Å²) >= 11 is 7.25. The molecule has 0 spiro atoms. The molecule has 7 heteroatoms. The van der Waals surface area contributed by atoms with Crippen molar-refractivity contribution in [2.24, 2.45) is 5.10 Å². The molecule has 3 aromatic rings. The zero-order chi connectivity index (χ0) is 19.6. The van der Waals surface area contributed by atoms with Crippen LogP contribution in [-0.2, 0) is 11.4 Å². The van der Waals surface area contributed by atoms with E-state index >= 15 is 0 Å². The summed E-state index contributed by atoms with van der Waals surface area (Å²) in [6, 6.07) is 20.6. The molecule has 1 amide bonds. The molecule has 1 N–H and O–H groups in total. The summed E-state index contributed by atoms with van der Waals surface area (Å²) in [5.41, 5.74) is 4.30. The Morgan fingerprint density at radius 2 is 1.89 bits per heavy atom. The van der Waals surface area contributed by atoms with Gasteiger partial charge in [-0.1, -0.05) is 53.7 Å². The maximum absolute atomic E-state index is 11.9. The number of nitrogens with zero attached hydrogens (tertiary/aromatic N) is 2. The van der Waals surface area contributed by atoms with Gasteiger partial charge in [-0.2, -0.15) is 5.10 Å². The topological polar surface area (TPSA) is 63.6 Å². The molecule has 0 unspecified atom stereocenters. The van der Waals surface area contributed by atoms with Crippen LogP contribution in [0.5, 0.6) is 5.75 Å². The van der Waals surface area contributed by atoms with Gasteiger partial charge in [-0.25, -0.2) is 10.4 Å². The van der Waals surface area contributed by atoms with Crippen LogP contribution >= 0.6 is 23.4 Å². The van der Waals surface area contributed by atoms with Crippen molar-refractivity contribution in [2.45, 2.75) is 11.6 Å². The second kappa shape index (κ2) is 10.5. The van der Waals surface area contributed by atoms with E-state index in [0.717, 1.165) is 16.2 Å². The molecule has 1 aromatic heterocycles. The van der Waals surface area contributed by atoms with Gasteiger partial charge in [0, 0.05) is 16.8 Å². The number of hydrazone groups is 1. The van der Waals surface area contributed by atoms with Crippen LogP contribution in [0, 0.1) is 0 Å². The van der Waals surface area contributed by atoms with Gasteiger partial charge in [0.25, 0.3) is 0 Å². The summed E-state index contributed by atoms with van der Waals surface area (Å²) in [6.07, 6.45) is 3.26. The number of hydrogen-bond donors (Lipinski definition) is 1. The third-order valence-corrected chi connectivity index (χ3v) is 4.80. The van der Waals surface area contributed by atoms with E-state index < -0.39 is 0 Å². The first kappa shape index (κ1) is 19.9. The molecular formula is C21H18ClN3O2S. The first-order valence-corrected chi connectivity index (χ1v) is 9.89. The molecule has 0 aliphatic rings. The van der Waals surface area contributed by atoms with E-state index in [1.165, 1.54) is 11.8 Å². The van der Waals surface area contributed by atoms with Gasteiger partial charge in [0.1, 0.15) is 12.4 Å². The highest BCUT2D eigenvalue weighted by Crippen LogP contribution is 2.18. The lowest BCUT2D eigenvalue weighted by atomic mass is 10.2. The van der Waals surface area contributed by atoms with Crippen molar-refractivity contribution >= 4 is 35.5 Å². The number of carbonyl (C=O) groups excluding carboxylic acids is 1. The van der Waals surface area contributed by atoms with Crippen molar-refractivity contribution < 1.29 is 9.53 Å². The van der Waals surface area contributed by atoms with Crippen molar-refractivity contribution in [3.63, 3.8) is 0 Å². The minimum absolute atomic E-state index is 0.202. The van der Waals surface area contributed by atoms with Crippen molar-refractivity contribution in [1.29, 1.82) is 0 Å². The van der Waals surface area contributed by atoms with Crippen molar-refractivity contribution in [3.8, 4) is 5.75 Å². The predicted molar refractivity (Wildman–Crippen MR) is 113 cm³/mol. The van der Waals surface area contributed by atoms with Crippen molar-refractivity contribution in [1.82, 2.24) is 10.4 Å². The number of thioether (sulfide) groups is 1. The van der Waals surface area contributed by atoms with E-state index in [-0.39, 0.29) is 11.7 Å². The monoisotopic (exact) mass is 411 g/mol. The van der Waals surface area contributed by atoms with Gasteiger partial charge < -0.3 is 4.74 Å². The van der Waals surface area contributed by atoms with Crippen LogP contribution < -0.4 is 10.2 Å². The van der Waals surface area contributed by atoms with Gasteiger partial charge in [0.2, 0.25) is 5.91 Å². The smallest absolute Gasteiger partial charge is 0.250 e. The third-order valence-electron chi connectivity index (χ3n) is 3.61. The fraction of sp³-hybridized carbons (Fsp3) is 0.0952. The number of para-hydroxylation sites is 1. The molecule has 0 aliphatic carbocycles. The minimum atomic E-state index is -0.202. The molecule has 0 saturated heterocycles. The number of nitrogens with one attached hydrogen (secondary N) is 1. The van der Waals surface area contributed by atoms with Gasteiger partial charge in [0.15, 0.2) is 0 Å². The van der Waals surface area contributed by atoms with Gasteiger partial charge >= 0.3 is 0 Å². The normalized spacial score (nSPS) is 10.8. The maximum atomic E-state index is 11.9. The van der Waals surface area contributed by atoms with Crippen LogP contribution in [0.3, 0.4) is 0 Å². The highest BCUT2D eigenvalue weighted by molar-refractivity contribution is 7.99. The van der Waals surface area contributed by atoms with Crippen LogP contribution in [0.2, 0.25) is 5.02 Å². The number of pyridine rings is 1. The lowest BCUT2D eigenvalue weighted by Gasteiger charge is -2.09. The van der Waals surface area contributed by atoms with Crippen LogP contribution in [-0.4, -0.2) is 22.9 Å². The molecule has 0 radical (unpaired) electrons. The number of rotatable bonds is 8. The fourth-order valence-corrected chi connectivity index (χ4v) is 3.02. The number of benzene rings is 2. The van der Waals surface area contributed by atoms with Crippen molar-refractivity contribution in [2.75, 3.05) is 5.75 Å². The second-order valence-electron chi connectivity index (χ2n) is 5.70. The number of ether oxygens (including phenoxy) is 1. The average Bonchev–Trinajstić information content (AvgIpc) is 2.73. The zero-order valence-electron chi connectivity index (χ0n) is 14.9. The van der Waals surface area contributed by atoms with Gasteiger partial charge in [-0.05, 0) is 42.0 Å². The summed E-state index contributed by atoms with van der Waals surface area (Å²) in [5, 5.41) is 5.51. The Balaban J connectivity index is 1.52. The van der Waals surface area contributed by atoms with Gasteiger partial charge in [0.05, 0.1) is 17.0 Å². The average molecular weight is 412 g/mol. The van der Waals surface area contributed by atoms with E-state index in [9.17, 15) is 4.79 Å². The molecule has 5 nitrogen and oxygen atoms in total. The van der Waals surface area contributed by atoms with Crippen LogP contribution in [0.15, 0.2) is 83.1 Å². The predicted octanol–water partition coefficient (Wildman–Crippen LogP) is 4.56. The lowest BCUT2D eigenvalue weighted by molar-refractivity contribution is -0.118. The highest BCUT2D eigenvalue weighted by atomic mass is 35.5. The number of amides is 1. The van der Waals surface area contributed by atoms with Crippen LogP contribution in [0.1, 0.15) is 11.1 Å². The molecular weight excluding hydrogens is 394 g/mol. The molecule has 0 saturated carbocycles. The number of aromatic nitrogens is 1. The largest absolute Gasteiger partial charge is 0.488 e. The fourth-order valence-electron chi connectivity index (χ4n) is 2.24. The van der Waals surface area contributed by atoms with E-state index in [4.69, 9.17) is 16.3 Å². The Labute approximate surface area is 172 Å². The Bertz CT molecular complexity index is 934. The summed E-state index contributed by atoms with van der Waals surface area (Å²) < 4.78 is 5.87. The summed E-state index contributed by atoms with van der Waals surface area (Å²) in [4.78, 5) is 16.1. The molecule has 28 heavy (non-hydrogen) atoms.